The van der Waals surface area contributed by atoms with Crippen molar-refractivity contribution in [3.63, 3.8) is 0 Å². The Labute approximate surface area is 114 Å². The van der Waals surface area contributed by atoms with Gasteiger partial charge in [0.1, 0.15) is 5.82 Å². The van der Waals surface area contributed by atoms with Crippen molar-refractivity contribution in [2.24, 2.45) is 0 Å². The highest BCUT2D eigenvalue weighted by atomic mass is 19.1. The van der Waals surface area contributed by atoms with E-state index < -0.39 is 5.54 Å². The summed E-state index contributed by atoms with van der Waals surface area (Å²) in [7, 11) is 0. The maximum Gasteiger partial charge on any atom is 0.141 e. The lowest BCUT2D eigenvalue weighted by molar-refractivity contribution is 0.165. The minimum atomic E-state index is -0.638. The Morgan fingerprint density at radius 3 is 2.53 bits per heavy atom. The van der Waals surface area contributed by atoms with Crippen molar-refractivity contribution in [3.05, 3.63) is 29.8 Å². The second-order valence-corrected chi connectivity index (χ2v) is 4.81. The summed E-state index contributed by atoms with van der Waals surface area (Å²) in [5.41, 5.74) is 0.0110. The van der Waals surface area contributed by atoms with Crippen LogP contribution in [0, 0.1) is 5.82 Å². The molecule has 1 atom stereocenters. The number of aromatic nitrogens is 1. The number of halogens is 1. The minimum Gasteiger partial charge on any atom is -0.394 e. The van der Waals surface area contributed by atoms with Crippen molar-refractivity contribution in [2.45, 2.75) is 26.3 Å². The molecule has 0 spiro atoms. The summed E-state index contributed by atoms with van der Waals surface area (Å²) in [6.45, 7) is 9.69. The molecule has 0 aliphatic carbocycles. The number of nitrogens with one attached hydrogen (secondary N) is 1. The molecule has 0 bridgehead atoms. The van der Waals surface area contributed by atoms with E-state index in [0.717, 1.165) is 26.2 Å². The number of nitrogens with zero attached hydrogens (tertiary/aromatic N) is 2. The van der Waals surface area contributed by atoms with E-state index >= 15 is 0 Å². The molecule has 0 saturated heterocycles. The van der Waals surface area contributed by atoms with Gasteiger partial charge in [-0.25, -0.2) is 4.39 Å². The van der Waals surface area contributed by atoms with Gasteiger partial charge in [0.2, 0.25) is 0 Å². The molecule has 108 valence electrons. The SMILES string of the molecule is CCN(CC)CCNC(C)(CO)c1ccc(F)cn1. The molecular formula is C14H24FN3O. The van der Waals surface area contributed by atoms with Gasteiger partial charge in [-0.3, -0.25) is 4.98 Å². The van der Waals surface area contributed by atoms with Crippen LogP contribution in [0.15, 0.2) is 18.3 Å². The molecule has 0 fully saturated rings. The van der Waals surface area contributed by atoms with Crippen LogP contribution in [0.2, 0.25) is 0 Å². The van der Waals surface area contributed by atoms with E-state index in [0.29, 0.717) is 5.69 Å². The van der Waals surface area contributed by atoms with E-state index in [9.17, 15) is 9.50 Å². The fourth-order valence-corrected chi connectivity index (χ4v) is 1.96. The summed E-state index contributed by atoms with van der Waals surface area (Å²) < 4.78 is 12.9. The highest BCUT2D eigenvalue weighted by Crippen LogP contribution is 2.17. The fraction of sp³-hybridized carbons (Fsp3) is 0.643. The van der Waals surface area contributed by atoms with Crippen molar-refractivity contribution in [2.75, 3.05) is 32.8 Å². The number of aliphatic hydroxyl groups is 1. The van der Waals surface area contributed by atoms with Gasteiger partial charge in [-0.2, -0.15) is 0 Å². The Bertz CT molecular complexity index is 367. The lowest BCUT2D eigenvalue weighted by atomic mass is 9.98. The van der Waals surface area contributed by atoms with Gasteiger partial charge >= 0.3 is 0 Å². The van der Waals surface area contributed by atoms with Crippen LogP contribution in [0.4, 0.5) is 4.39 Å². The summed E-state index contributed by atoms with van der Waals surface area (Å²) in [6.07, 6.45) is 1.18. The highest BCUT2D eigenvalue weighted by molar-refractivity contribution is 5.15. The van der Waals surface area contributed by atoms with Gasteiger partial charge < -0.3 is 15.3 Å². The Morgan fingerprint density at radius 2 is 2.05 bits per heavy atom. The van der Waals surface area contributed by atoms with Crippen LogP contribution >= 0.6 is 0 Å². The predicted octanol–water partition coefficient (Wildman–Crippen LogP) is 1.36. The Balaban J connectivity index is 2.62. The molecule has 0 amide bonds. The molecule has 19 heavy (non-hydrogen) atoms. The molecule has 5 heteroatoms. The quantitative estimate of drug-likeness (QED) is 0.748. The standard InChI is InChI=1S/C14H24FN3O/c1-4-18(5-2)9-8-17-14(3,11-19)13-7-6-12(15)10-16-13/h6-7,10,17,19H,4-5,8-9,11H2,1-3H3. The molecular weight excluding hydrogens is 245 g/mol. The van der Waals surface area contributed by atoms with Crippen LogP contribution in [0.5, 0.6) is 0 Å². The fourth-order valence-electron chi connectivity index (χ4n) is 1.96. The van der Waals surface area contributed by atoms with Gasteiger partial charge in [-0.05, 0) is 32.1 Å². The first-order chi connectivity index (χ1) is 9.05. The second kappa shape index (κ2) is 7.53. The van der Waals surface area contributed by atoms with Gasteiger partial charge in [0, 0.05) is 13.1 Å². The first-order valence-electron chi connectivity index (χ1n) is 6.76. The number of rotatable bonds is 8. The van der Waals surface area contributed by atoms with E-state index in [1.54, 1.807) is 6.07 Å². The van der Waals surface area contributed by atoms with Gasteiger partial charge in [0.25, 0.3) is 0 Å². The number of aliphatic hydroxyl groups excluding tert-OH is 1. The zero-order valence-corrected chi connectivity index (χ0v) is 12.0. The highest BCUT2D eigenvalue weighted by Gasteiger charge is 2.26. The maximum atomic E-state index is 12.9. The Hall–Kier alpha value is -1.04. The van der Waals surface area contributed by atoms with Crippen molar-refractivity contribution >= 4 is 0 Å². The smallest absolute Gasteiger partial charge is 0.141 e. The van der Waals surface area contributed by atoms with Crippen molar-refractivity contribution in [1.29, 1.82) is 0 Å². The van der Waals surface area contributed by atoms with Crippen LogP contribution in [0.25, 0.3) is 0 Å². The average Bonchev–Trinajstić information content (AvgIpc) is 2.44. The number of hydrogen-bond donors (Lipinski definition) is 2. The third-order valence-corrected chi connectivity index (χ3v) is 3.45. The Morgan fingerprint density at radius 1 is 1.37 bits per heavy atom. The molecule has 0 radical (unpaired) electrons. The lowest BCUT2D eigenvalue weighted by Crippen LogP contribution is -2.46. The molecule has 1 rings (SSSR count). The molecule has 1 unspecified atom stereocenters. The van der Waals surface area contributed by atoms with Gasteiger partial charge in [-0.15, -0.1) is 0 Å². The first kappa shape index (κ1) is 16.0. The summed E-state index contributed by atoms with van der Waals surface area (Å²) in [5.74, 6) is -0.368. The van der Waals surface area contributed by atoms with Crippen LogP contribution in [-0.2, 0) is 5.54 Å². The molecule has 1 heterocycles. The molecule has 0 saturated carbocycles. The van der Waals surface area contributed by atoms with Crippen LogP contribution < -0.4 is 5.32 Å². The van der Waals surface area contributed by atoms with Crippen molar-refractivity contribution in [3.8, 4) is 0 Å². The molecule has 2 N–H and O–H groups in total. The summed E-state index contributed by atoms with van der Waals surface area (Å²) in [4.78, 5) is 6.34. The van der Waals surface area contributed by atoms with Crippen LogP contribution in [0.3, 0.4) is 0 Å². The van der Waals surface area contributed by atoms with Crippen molar-refractivity contribution in [1.82, 2.24) is 15.2 Å². The van der Waals surface area contributed by atoms with Crippen LogP contribution in [0.1, 0.15) is 26.5 Å². The number of hydrogen-bond acceptors (Lipinski definition) is 4. The zero-order chi connectivity index (χ0) is 14.3. The maximum absolute atomic E-state index is 12.9. The Kier molecular flexibility index (Phi) is 6.34. The second-order valence-electron chi connectivity index (χ2n) is 4.81. The summed E-state index contributed by atoms with van der Waals surface area (Å²) in [5, 5.41) is 12.9. The first-order valence-corrected chi connectivity index (χ1v) is 6.76. The monoisotopic (exact) mass is 269 g/mol. The topological polar surface area (TPSA) is 48.4 Å². The van der Waals surface area contributed by atoms with E-state index in [2.05, 4.69) is 29.0 Å². The van der Waals surface area contributed by atoms with E-state index in [1.165, 1.54) is 12.3 Å². The van der Waals surface area contributed by atoms with Gasteiger partial charge in [-0.1, -0.05) is 13.8 Å². The third kappa shape index (κ3) is 4.53. The van der Waals surface area contributed by atoms with E-state index in [4.69, 9.17) is 0 Å². The molecule has 0 aromatic carbocycles. The number of pyridine rings is 1. The zero-order valence-electron chi connectivity index (χ0n) is 12.0. The largest absolute Gasteiger partial charge is 0.394 e. The number of likely N-dealkylation sites (N-methyl/N-ethyl adjacent to an activating group) is 1. The molecule has 0 aliphatic heterocycles. The van der Waals surface area contributed by atoms with E-state index in [-0.39, 0.29) is 12.4 Å². The normalized spacial score (nSPS) is 14.6. The van der Waals surface area contributed by atoms with Crippen molar-refractivity contribution < 1.29 is 9.50 Å². The van der Waals surface area contributed by atoms with Crippen LogP contribution in [-0.4, -0.2) is 47.8 Å². The van der Waals surface area contributed by atoms with E-state index in [1.807, 2.05) is 6.92 Å². The molecule has 1 aromatic rings. The molecule has 4 nitrogen and oxygen atoms in total. The summed E-state index contributed by atoms with van der Waals surface area (Å²) in [6, 6.07) is 2.97. The molecule has 1 aromatic heterocycles. The predicted molar refractivity (Wildman–Crippen MR) is 74.4 cm³/mol. The van der Waals surface area contributed by atoms with Gasteiger partial charge in [0.15, 0.2) is 0 Å². The lowest BCUT2D eigenvalue weighted by Gasteiger charge is -2.29. The summed E-state index contributed by atoms with van der Waals surface area (Å²) >= 11 is 0. The van der Waals surface area contributed by atoms with Gasteiger partial charge in [0.05, 0.1) is 24.0 Å². The molecule has 0 aliphatic rings. The third-order valence-electron chi connectivity index (χ3n) is 3.45. The average molecular weight is 269 g/mol. The minimum absolute atomic E-state index is 0.0795.